The highest BCUT2D eigenvalue weighted by atomic mass is 32.1. The van der Waals surface area contributed by atoms with Crippen LogP contribution in [0.25, 0.3) is 0 Å². The van der Waals surface area contributed by atoms with Gasteiger partial charge in [-0.1, -0.05) is 24.4 Å². The van der Waals surface area contributed by atoms with Gasteiger partial charge in [-0.15, -0.1) is 0 Å². The number of hydrogen-bond donors (Lipinski definition) is 1. The van der Waals surface area contributed by atoms with Crippen LogP contribution in [0.3, 0.4) is 0 Å². The second-order valence-electron chi connectivity index (χ2n) is 4.93. The molecule has 0 aromatic heterocycles. The van der Waals surface area contributed by atoms with Gasteiger partial charge in [-0.25, -0.2) is 0 Å². The maximum atomic E-state index is 5.37. The second kappa shape index (κ2) is 5.34. The minimum Gasteiger partial charge on any atom is -0.379 e. The molecule has 1 aromatic carbocycles. The van der Waals surface area contributed by atoms with Crippen LogP contribution in [0.1, 0.15) is 17.5 Å². The van der Waals surface area contributed by atoms with Gasteiger partial charge in [0.05, 0.1) is 18.2 Å². The standard InChI is InChI=1S/C14H18N2OS/c18-14-4-2-12-9-11(1-3-13(12)15-14)10-16-5-7-17-8-6-16/h1,3,9H,2,4-8,10H2,(H,15,18). The molecule has 2 heterocycles. The number of rotatable bonds is 2. The van der Waals surface area contributed by atoms with Crippen molar-refractivity contribution in [2.75, 3.05) is 31.6 Å². The summed E-state index contributed by atoms with van der Waals surface area (Å²) in [6.45, 7) is 4.83. The summed E-state index contributed by atoms with van der Waals surface area (Å²) in [6, 6.07) is 6.69. The maximum Gasteiger partial charge on any atom is 0.0800 e. The lowest BCUT2D eigenvalue weighted by Gasteiger charge is -2.27. The highest BCUT2D eigenvalue weighted by Crippen LogP contribution is 2.24. The first-order valence-electron chi connectivity index (χ1n) is 6.53. The zero-order valence-electron chi connectivity index (χ0n) is 10.4. The minimum absolute atomic E-state index is 0.862. The summed E-state index contributed by atoms with van der Waals surface area (Å²) >= 11 is 5.21. The maximum absolute atomic E-state index is 5.37. The Morgan fingerprint density at radius 3 is 2.89 bits per heavy atom. The van der Waals surface area contributed by atoms with Crippen LogP contribution in [0.2, 0.25) is 0 Å². The van der Waals surface area contributed by atoms with Crippen molar-refractivity contribution < 1.29 is 4.74 Å². The fourth-order valence-electron chi connectivity index (χ4n) is 2.55. The largest absolute Gasteiger partial charge is 0.379 e. The van der Waals surface area contributed by atoms with E-state index in [0.717, 1.165) is 50.7 Å². The number of aryl methyl sites for hydroxylation is 1. The van der Waals surface area contributed by atoms with Crippen LogP contribution in [0, 0.1) is 0 Å². The van der Waals surface area contributed by atoms with Gasteiger partial charge in [-0.2, -0.15) is 0 Å². The number of thiocarbonyl (C=S) groups is 1. The van der Waals surface area contributed by atoms with Crippen molar-refractivity contribution in [1.82, 2.24) is 4.90 Å². The van der Waals surface area contributed by atoms with Gasteiger partial charge in [-0.3, -0.25) is 4.90 Å². The summed E-state index contributed by atoms with van der Waals surface area (Å²) in [5.41, 5.74) is 3.98. The van der Waals surface area contributed by atoms with Gasteiger partial charge < -0.3 is 10.1 Å². The van der Waals surface area contributed by atoms with E-state index in [2.05, 4.69) is 28.4 Å². The van der Waals surface area contributed by atoms with E-state index in [1.54, 1.807) is 0 Å². The summed E-state index contributed by atoms with van der Waals surface area (Å²) in [4.78, 5) is 3.41. The summed E-state index contributed by atoms with van der Waals surface area (Å²) in [7, 11) is 0. The number of anilines is 1. The lowest BCUT2D eigenvalue weighted by molar-refractivity contribution is 0.0342. The van der Waals surface area contributed by atoms with Crippen LogP contribution in [-0.4, -0.2) is 36.2 Å². The quantitative estimate of drug-likeness (QED) is 0.826. The molecule has 0 atom stereocenters. The molecule has 0 aliphatic carbocycles. The van der Waals surface area contributed by atoms with Crippen LogP contribution >= 0.6 is 12.2 Å². The second-order valence-corrected chi connectivity index (χ2v) is 5.42. The normalized spacial score (nSPS) is 20.3. The van der Waals surface area contributed by atoms with Crippen molar-refractivity contribution in [3.8, 4) is 0 Å². The van der Waals surface area contributed by atoms with Gasteiger partial charge >= 0.3 is 0 Å². The van der Waals surface area contributed by atoms with Gasteiger partial charge in [0, 0.05) is 31.7 Å². The van der Waals surface area contributed by atoms with Crippen molar-refractivity contribution in [1.29, 1.82) is 0 Å². The predicted molar refractivity (Wildman–Crippen MR) is 77.1 cm³/mol. The number of nitrogens with zero attached hydrogens (tertiary/aromatic N) is 1. The zero-order valence-corrected chi connectivity index (χ0v) is 11.3. The molecule has 1 saturated heterocycles. The van der Waals surface area contributed by atoms with E-state index >= 15 is 0 Å². The fraction of sp³-hybridized carbons (Fsp3) is 0.500. The summed E-state index contributed by atoms with van der Waals surface area (Å²) in [6.07, 6.45) is 2.04. The SMILES string of the molecule is S=C1CCc2cc(CN3CCOCC3)ccc2N1. The van der Waals surface area contributed by atoms with Crippen LogP contribution in [0.15, 0.2) is 18.2 Å². The Morgan fingerprint density at radius 1 is 1.22 bits per heavy atom. The number of nitrogens with one attached hydrogen (secondary N) is 1. The van der Waals surface area contributed by atoms with Crippen molar-refractivity contribution >= 4 is 22.9 Å². The lowest BCUT2D eigenvalue weighted by atomic mass is 10.0. The molecule has 3 rings (SSSR count). The lowest BCUT2D eigenvalue weighted by Crippen LogP contribution is -2.35. The first-order valence-corrected chi connectivity index (χ1v) is 6.94. The fourth-order valence-corrected chi connectivity index (χ4v) is 2.76. The third-order valence-electron chi connectivity index (χ3n) is 3.58. The van der Waals surface area contributed by atoms with E-state index in [0.29, 0.717) is 0 Å². The third kappa shape index (κ3) is 2.71. The highest BCUT2D eigenvalue weighted by Gasteiger charge is 2.14. The van der Waals surface area contributed by atoms with Gasteiger partial charge in [0.1, 0.15) is 0 Å². The molecule has 0 saturated carbocycles. The number of ether oxygens (including phenoxy) is 1. The average molecular weight is 262 g/mol. The predicted octanol–water partition coefficient (Wildman–Crippen LogP) is 2.20. The summed E-state index contributed by atoms with van der Waals surface area (Å²) in [5, 5.41) is 3.29. The van der Waals surface area contributed by atoms with Crippen molar-refractivity contribution in [2.45, 2.75) is 19.4 Å². The van der Waals surface area contributed by atoms with Crippen molar-refractivity contribution in [3.05, 3.63) is 29.3 Å². The van der Waals surface area contributed by atoms with E-state index < -0.39 is 0 Å². The van der Waals surface area contributed by atoms with Crippen LogP contribution < -0.4 is 5.32 Å². The van der Waals surface area contributed by atoms with E-state index in [1.165, 1.54) is 16.8 Å². The Hall–Kier alpha value is -0.970. The zero-order chi connectivity index (χ0) is 12.4. The van der Waals surface area contributed by atoms with Crippen LogP contribution in [0.4, 0.5) is 5.69 Å². The Bertz CT molecular complexity index is 455. The first-order chi connectivity index (χ1) is 8.81. The minimum atomic E-state index is 0.862. The molecule has 2 aliphatic rings. The number of hydrogen-bond acceptors (Lipinski definition) is 3. The molecule has 1 aromatic rings. The smallest absolute Gasteiger partial charge is 0.0800 e. The number of fused-ring (bicyclic) bond motifs is 1. The monoisotopic (exact) mass is 262 g/mol. The molecular weight excluding hydrogens is 244 g/mol. The van der Waals surface area contributed by atoms with E-state index in [9.17, 15) is 0 Å². The van der Waals surface area contributed by atoms with Crippen LogP contribution in [-0.2, 0) is 17.7 Å². The molecule has 0 radical (unpaired) electrons. The van der Waals surface area contributed by atoms with Crippen molar-refractivity contribution in [3.63, 3.8) is 0 Å². The molecular formula is C14H18N2OS. The van der Waals surface area contributed by atoms with E-state index in [-0.39, 0.29) is 0 Å². The Balaban J connectivity index is 1.71. The first kappa shape index (κ1) is 12.1. The molecule has 3 nitrogen and oxygen atoms in total. The molecule has 4 heteroatoms. The van der Waals surface area contributed by atoms with E-state index in [4.69, 9.17) is 17.0 Å². The van der Waals surface area contributed by atoms with Gasteiger partial charge in [-0.05, 0) is 23.6 Å². The Kier molecular flexibility index (Phi) is 3.59. The van der Waals surface area contributed by atoms with Gasteiger partial charge in [0.15, 0.2) is 0 Å². The molecule has 0 spiro atoms. The topological polar surface area (TPSA) is 24.5 Å². The number of morpholine rings is 1. The van der Waals surface area contributed by atoms with Gasteiger partial charge in [0.25, 0.3) is 0 Å². The Morgan fingerprint density at radius 2 is 2.06 bits per heavy atom. The summed E-state index contributed by atoms with van der Waals surface area (Å²) < 4.78 is 5.37. The highest BCUT2D eigenvalue weighted by molar-refractivity contribution is 7.80. The van der Waals surface area contributed by atoms with Gasteiger partial charge in [0.2, 0.25) is 0 Å². The molecule has 0 bridgehead atoms. The Labute approximate surface area is 113 Å². The summed E-state index contributed by atoms with van der Waals surface area (Å²) in [5.74, 6) is 0. The molecule has 0 unspecified atom stereocenters. The van der Waals surface area contributed by atoms with Crippen LogP contribution in [0.5, 0.6) is 0 Å². The molecule has 1 N–H and O–H groups in total. The van der Waals surface area contributed by atoms with E-state index in [1.807, 2.05) is 0 Å². The molecule has 96 valence electrons. The number of benzene rings is 1. The molecule has 18 heavy (non-hydrogen) atoms. The molecule has 1 fully saturated rings. The average Bonchev–Trinajstić information content (AvgIpc) is 2.40. The third-order valence-corrected chi connectivity index (χ3v) is 3.88. The molecule has 2 aliphatic heterocycles. The van der Waals surface area contributed by atoms with Crippen molar-refractivity contribution in [2.24, 2.45) is 0 Å². The molecule has 0 amide bonds.